The van der Waals surface area contributed by atoms with Gasteiger partial charge in [-0.15, -0.1) is 0 Å². The quantitative estimate of drug-likeness (QED) is 0.189. The normalized spacial score (nSPS) is 22.3. The molecule has 1 aliphatic rings. The average molecular weight is 267 g/mol. The number of nitrogens with zero attached hydrogens (tertiary/aromatic N) is 1. The zero-order chi connectivity index (χ0) is 14.3. The third-order valence-electron chi connectivity index (χ3n) is 2.28. The third-order valence-corrected chi connectivity index (χ3v) is 2.28. The largest absolute Gasteiger partial charge is 0.444 e. The number of alkyl carbamates (subject to hydrolysis) is 1. The predicted octanol–water partition coefficient (Wildman–Crippen LogP) is 0.0417. The fourth-order valence-corrected chi connectivity index (χ4v) is 1.53. The third kappa shape index (κ3) is 6.52. The van der Waals surface area contributed by atoms with E-state index in [0.717, 1.165) is 12.8 Å². The molecule has 106 valence electrons. The molecule has 0 aromatic carbocycles. The topological polar surface area (TPSA) is 101 Å². The minimum atomic E-state index is -0.498. The van der Waals surface area contributed by atoms with Gasteiger partial charge < -0.3 is 15.4 Å². The summed E-state index contributed by atoms with van der Waals surface area (Å²) < 4.78 is 5.17. The van der Waals surface area contributed by atoms with Gasteiger partial charge in [-0.1, -0.05) is 11.8 Å². The van der Waals surface area contributed by atoms with Crippen molar-refractivity contribution in [2.24, 2.45) is 10.9 Å². The smallest absolute Gasteiger partial charge is 0.408 e. The molecule has 0 aliphatic heterocycles. The van der Waals surface area contributed by atoms with Gasteiger partial charge in [-0.2, -0.15) is 5.10 Å². The van der Waals surface area contributed by atoms with Gasteiger partial charge in [0.25, 0.3) is 0 Å². The zero-order valence-corrected chi connectivity index (χ0v) is 11.5. The highest BCUT2D eigenvalue weighted by Gasteiger charge is 2.20. The van der Waals surface area contributed by atoms with Gasteiger partial charge in [-0.05, 0) is 33.6 Å². The van der Waals surface area contributed by atoms with Crippen LogP contribution in [0.1, 0.15) is 33.6 Å². The Morgan fingerprint density at radius 2 is 2.00 bits per heavy atom. The first kappa shape index (κ1) is 15.1. The summed E-state index contributed by atoms with van der Waals surface area (Å²) in [6.07, 6.45) is 2.59. The van der Waals surface area contributed by atoms with E-state index < -0.39 is 11.7 Å². The summed E-state index contributed by atoms with van der Waals surface area (Å²) in [5.74, 6) is 11.0. The summed E-state index contributed by atoms with van der Waals surface area (Å²) in [6, 6.07) is -0.147. The molecular formula is C12H21N5O2. The van der Waals surface area contributed by atoms with Crippen molar-refractivity contribution >= 4 is 12.4 Å². The van der Waals surface area contributed by atoms with Crippen molar-refractivity contribution in [3.8, 4) is 11.8 Å². The molecule has 1 aliphatic carbocycles. The van der Waals surface area contributed by atoms with Crippen LogP contribution in [0.25, 0.3) is 0 Å². The van der Waals surface area contributed by atoms with Crippen molar-refractivity contribution < 1.29 is 9.53 Å². The summed E-state index contributed by atoms with van der Waals surface area (Å²) in [7, 11) is 0. The molecule has 0 aromatic heterocycles. The zero-order valence-electron chi connectivity index (χ0n) is 11.5. The molecule has 0 aromatic rings. The Kier molecular flexibility index (Phi) is 5.45. The lowest BCUT2D eigenvalue weighted by Crippen LogP contribution is -2.41. The monoisotopic (exact) mass is 267 g/mol. The molecule has 7 nitrogen and oxygen atoms in total. The van der Waals surface area contributed by atoms with E-state index >= 15 is 0 Å². The summed E-state index contributed by atoms with van der Waals surface area (Å²) in [5, 5.41) is 9.33. The van der Waals surface area contributed by atoms with Crippen LogP contribution < -0.4 is 22.0 Å². The fraction of sp³-hybridized carbons (Fsp3) is 0.667. The number of hydrazine groups is 1. The van der Waals surface area contributed by atoms with Crippen molar-refractivity contribution in [3.05, 3.63) is 0 Å². The predicted molar refractivity (Wildman–Crippen MR) is 72.9 cm³/mol. The molecule has 7 heteroatoms. The van der Waals surface area contributed by atoms with Gasteiger partial charge in [-0.25, -0.2) is 16.2 Å². The van der Waals surface area contributed by atoms with E-state index in [9.17, 15) is 4.79 Å². The van der Waals surface area contributed by atoms with Crippen molar-refractivity contribution in [3.63, 3.8) is 0 Å². The van der Waals surface area contributed by atoms with Gasteiger partial charge in [0, 0.05) is 0 Å². The Hall–Kier alpha value is -1.94. The van der Waals surface area contributed by atoms with Gasteiger partial charge in [0.1, 0.15) is 11.9 Å². The van der Waals surface area contributed by atoms with Gasteiger partial charge >= 0.3 is 6.09 Å². The molecule has 1 rings (SSSR count). The molecule has 0 saturated carbocycles. The molecule has 5 N–H and O–H groups in total. The van der Waals surface area contributed by atoms with Crippen molar-refractivity contribution in [1.82, 2.24) is 16.2 Å². The van der Waals surface area contributed by atoms with Crippen molar-refractivity contribution in [2.45, 2.75) is 51.3 Å². The minimum absolute atomic E-state index is 0.0220. The highest BCUT2D eigenvalue weighted by Crippen LogP contribution is 2.09. The number of nitrogens with two attached hydrogens (primary N) is 1. The summed E-state index contributed by atoms with van der Waals surface area (Å²) in [5.41, 5.74) is 1.65. The van der Waals surface area contributed by atoms with Gasteiger partial charge in [0.05, 0.1) is 12.1 Å². The number of rotatable bonds is 4. The summed E-state index contributed by atoms with van der Waals surface area (Å²) in [4.78, 5) is 11.6. The molecule has 0 unspecified atom stereocenters. The molecular weight excluding hydrogens is 246 g/mol. The molecule has 1 amide bonds. The van der Waals surface area contributed by atoms with Crippen LogP contribution in [0.3, 0.4) is 0 Å². The number of ether oxygens (including phenoxy) is 1. The fourth-order valence-electron chi connectivity index (χ4n) is 1.53. The summed E-state index contributed by atoms with van der Waals surface area (Å²) in [6.45, 7) is 5.47. The Morgan fingerprint density at radius 3 is 2.53 bits per heavy atom. The number of hydrogen-bond acceptors (Lipinski definition) is 5. The van der Waals surface area contributed by atoms with Crippen molar-refractivity contribution in [2.75, 3.05) is 0 Å². The highest BCUT2D eigenvalue weighted by molar-refractivity contribution is 5.68. The van der Waals surface area contributed by atoms with E-state index in [4.69, 9.17) is 10.6 Å². The second-order valence-corrected chi connectivity index (χ2v) is 5.17. The van der Waals surface area contributed by atoms with Crippen LogP contribution in [-0.2, 0) is 4.74 Å². The molecule has 0 fully saturated rings. The lowest BCUT2D eigenvalue weighted by molar-refractivity contribution is 0.0513. The summed E-state index contributed by atoms with van der Waals surface area (Å²) >= 11 is 0. The number of amides is 1. The Balaban J connectivity index is 2.37. The molecule has 2 atom stereocenters. The van der Waals surface area contributed by atoms with Gasteiger partial charge in [-0.3, -0.25) is 0 Å². The van der Waals surface area contributed by atoms with Crippen LogP contribution in [0.4, 0.5) is 4.79 Å². The minimum Gasteiger partial charge on any atom is -0.444 e. The number of hydrazone groups is 1. The number of carbonyl (C=O) groups excluding carboxylic acids is 1. The van der Waals surface area contributed by atoms with Crippen LogP contribution in [0.2, 0.25) is 0 Å². The first-order chi connectivity index (χ1) is 8.90. The average Bonchev–Trinajstić information content (AvgIpc) is 2.29. The van der Waals surface area contributed by atoms with E-state index in [1.54, 1.807) is 0 Å². The van der Waals surface area contributed by atoms with E-state index in [0.29, 0.717) is 0 Å². The van der Waals surface area contributed by atoms with Crippen LogP contribution in [0.5, 0.6) is 0 Å². The Labute approximate surface area is 113 Å². The maximum atomic E-state index is 11.6. The maximum Gasteiger partial charge on any atom is 0.408 e. The first-order valence-corrected chi connectivity index (χ1v) is 6.14. The van der Waals surface area contributed by atoms with Gasteiger partial charge in [0.2, 0.25) is 0 Å². The molecule has 0 saturated heterocycles. The molecule has 0 heterocycles. The molecule has 19 heavy (non-hydrogen) atoms. The maximum absolute atomic E-state index is 11.6. The van der Waals surface area contributed by atoms with E-state index in [-0.39, 0.29) is 12.1 Å². The second-order valence-electron chi connectivity index (χ2n) is 5.17. The number of hydrogen-bond donors (Lipinski definition) is 4. The second kappa shape index (κ2) is 6.85. The Bertz CT molecular complexity index is 391. The van der Waals surface area contributed by atoms with Crippen LogP contribution in [0, 0.1) is 11.8 Å². The number of carbonyl (C=O) groups is 1. The molecule has 0 radical (unpaired) electrons. The molecule has 0 bridgehead atoms. The first-order valence-electron chi connectivity index (χ1n) is 6.14. The standard InChI is InChI=1S/C12H21N5O2/c1-12(2,3)19-11(18)16-10-6-4-9(5-7-10)14-8-15-17-13/h8-10,17H,4,6,13H2,1-3H3,(H,14,15)(H,16,18)/t9-,10-/m0/s1. The van der Waals surface area contributed by atoms with Crippen LogP contribution >= 0.6 is 0 Å². The van der Waals surface area contributed by atoms with E-state index in [1.807, 2.05) is 20.8 Å². The Morgan fingerprint density at radius 1 is 1.37 bits per heavy atom. The number of nitrogens with one attached hydrogen (secondary N) is 3. The highest BCUT2D eigenvalue weighted by atomic mass is 16.6. The lowest BCUT2D eigenvalue weighted by Gasteiger charge is -2.23. The molecule has 0 spiro atoms. The van der Waals surface area contributed by atoms with Crippen LogP contribution in [0.15, 0.2) is 5.10 Å². The van der Waals surface area contributed by atoms with E-state index in [1.165, 1.54) is 6.34 Å². The van der Waals surface area contributed by atoms with E-state index in [2.05, 4.69) is 33.1 Å². The lowest BCUT2D eigenvalue weighted by atomic mass is 10.0. The SMILES string of the molecule is CC(C)(C)OC(=O)N[C@@H]1C#C[C@@H](NC=NNN)CC1. The van der Waals surface area contributed by atoms with Gasteiger partial charge in [0.15, 0.2) is 0 Å². The van der Waals surface area contributed by atoms with Crippen LogP contribution in [-0.4, -0.2) is 30.1 Å². The van der Waals surface area contributed by atoms with Crippen molar-refractivity contribution in [1.29, 1.82) is 0 Å².